The molecule has 0 unspecified atom stereocenters. The van der Waals surface area contributed by atoms with E-state index in [1.165, 1.54) is 6.07 Å². The first kappa shape index (κ1) is 28.0. The molecule has 2 aromatic carbocycles. The molecule has 5 rings (SSSR count). The van der Waals surface area contributed by atoms with Crippen LogP contribution in [-0.2, 0) is 14.4 Å². The number of Topliss-reactive ketones (excluding diaryl/α,β-unsaturated/α-hetero) is 2. The molecule has 1 N–H and O–H groups in total. The number of carbonyl (C=O) groups is 3. The Morgan fingerprint density at radius 1 is 0.927 bits per heavy atom. The van der Waals surface area contributed by atoms with Crippen LogP contribution in [0, 0.1) is 20.2 Å². The number of carboxylic acids is 1. The minimum absolute atomic E-state index is 0.0413. The molecular weight excluding hydrogens is 558 g/mol. The summed E-state index contributed by atoms with van der Waals surface area (Å²) in [4.78, 5) is 61.0. The maximum atomic E-state index is 13.3. The van der Waals surface area contributed by atoms with E-state index in [9.17, 15) is 39.7 Å². The summed E-state index contributed by atoms with van der Waals surface area (Å²) in [5.74, 6) is -2.10. The van der Waals surface area contributed by atoms with Gasteiger partial charge >= 0.3 is 11.7 Å². The summed E-state index contributed by atoms with van der Waals surface area (Å²) in [5, 5.41) is 32.0. The predicted octanol–water partition coefficient (Wildman–Crippen LogP) is 5.84. The van der Waals surface area contributed by atoms with Crippen LogP contribution in [0.25, 0.3) is 0 Å². The topological polar surface area (TPSA) is 170 Å². The zero-order chi connectivity index (χ0) is 29.4. The Labute approximate surface area is 238 Å². The fraction of sp³-hybridized carbons (Fsp3) is 0.321. The number of nitrogens with zero attached hydrogens (tertiary/aromatic N) is 3. The van der Waals surface area contributed by atoms with Crippen molar-refractivity contribution < 1.29 is 34.1 Å². The van der Waals surface area contributed by atoms with Crippen LogP contribution in [0.2, 0.25) is 5.02 Å². The molecule has 0 saturated carbocycles. The van der Waals surface area contributed by atoms with E-state index in [0.717, 1.165) is 29.6 Å². The van der Waals surface area contributed by atoms with Crippen molar-refractivity contribution in [1.82, 2.24) is 4.90 Å². The maximum absolute atomic E-state index is 13.3. The van der Waals surface area contributed by atoms with Gasteiger partial charge in [0.2, 0.25) is 5.75 Å². The molecule has 0 atom stereocenters. The number of halogens is 1. The second kappa shape index (κ2) is 11.1. The molecule has 0 amide bonds. The number of ketones is 2. The van der Waals surface area contributed by atoms with Crippen molar-refractivity contribution in [2.45, 2.75) is 50.9 Å². The summed E-state index contributed by atoms with van der Waals surface area (Å²) in [6, 6.07) is 7.64. The summed E-state index contributed by atoms with van der Waals surface area (Å²) in [6.45, 7) is 0.155. The van der Waals surface area contributed by atoms with Gasteiger partial charge in [-0.25, -0.2) is 0 Å². The molecular formula is C28H24ClN3O9. The van der Waals surface area contributed by atoms with Crippen molar-refractivity contribution in [2.24, 2.45) is 0 Å². The van der Waals surface area contributed by atoms with Crippen LogP contribution in [0.1, 0.15) is 56.4 Å². The van der Waals surface area contributed by atoms with Gasteiger partial charge in [0.1, 0.15) is 5.75 Å². The third kappa shape index (κ3) is 5.30. The third-order valence-electron chi connectivity index (χ3n) is 7.49. The van der Waals surface area contributed by atoms with Crippen molar-refractivity contribution in [1.29, 1.82) is 0 Å². The summed E-state index contributed by atoms with van der Waals surface area (Å²) >= 11 is 6.57. The van der Waals surface area contributed by atoms with Gasteiger partial charge in [-0.05, 0) is 49.4 Å². The molecule has 2 aliphatic carbocycles. The number of carboxylic acid groups (broad SMARTS) is 1. The number of rotatable bonds is 8. The number of non-ortho nitro benzene ring substituents is 1. The van der Waals surface area contributed by atoms with Crippen LogP contribution in [-0.4, -0.2) is 43.9 Å². The molecule has 12 nitrogen and oxygen atoms in total. The average Bonchev–Trinajstić information content (AvgIpc) is 2.92. The molecule has 0 aromatic heterocycles. The van der Waals surface area contributed by atoms with E-state index in [-0.39, 0.29) is 41.1 Å². The lowest BCUT2D eigenvalue weighted by Crippen LogP contribution is -2.39. The van der Waals surface area contributed by atoms with Gasteiger partial charge in [-0.2, -0.15) is 0 Å². The fourth-order valence-electron chi connectivity index (χ4n) is 5.77. The molecule has 212 valence electrons. The van der Waals surface area contributed by atoms with E-state index in [1.807, 2.05) is 4.90 Å². The van der Waals surface area contributed by atoms with Crippen molar-refractivity contribution in [3.63, 3.8) is 0 Å². The minimum Gasteiger partial charge on any atom is -0.481 e. The smallest absolute Gasteiger partial charge is 0.318 e. The minimum atomic E-state index is -0.976. The quantitative estimate of drug-likeness (QED) is 0.295. The Morgan fingerprint density at radius 3 is 2.07 bits per heavy atom. The first-order valence-electron chi connectivity index (χ1n) is 13.0. The molecule has 13 heteroatoms. The Bertz CT molecular complexity index is 1540. The van der Waals surface area contributed by atoms with Gasteiger partial charge in [0, 0.05) is 53.9 Å². The van der Waals surface area contributed by atoms with Crippen LogP contribution < -0.4 is 4.74 Å². The molecule has 0 spiro atoms. The van der Waals surface area contributed by atoms with Crippen LogP contribution in [0.15, 0.2) is 58.9 Å². The Kier molecular flexibility index (Phi) is 7.59. The first-order valence-corrected chi connectivity index (χ1v) is 13.4. The van der Waals surface area contributed by atoms with Gasteiger partial charge in [0.25, 0.3) is 5.69 Å². The third-order valence-corrected chi connectivity index (χ3v) is 7.79. The summed E-state index contributed by atoms with van der Waals surface area (Å²) in [7, 11) is 0. The van der Waals surface area contributed by atoms with Crippen LogP contribution in [0.5, 0.6) is 11.5 Å². The molecule has 1 aliphatic heterocycles. The highest BCUT2D eigenvalue weighted by Crippen LogP contribution is 2.50. The largest absolute Gasteiger partial charge is 0.481 e. The van der Waals surface area contributed by atoms with Crippen LogP contribution in [0.3, 0.4) is 0 Å². The summed E-state index contributed by atoms with van der Waals surface area (Å²) in [5.41, 5.74) is 1.88. The molecule has 0 radical (unpaired) electrons. The molecule has 41 heavy (non-hydrogen) atoms. The lowest BCUT2D eigenvalue weighted by atomic mass is 9.71. The number of ether oxygens (including phenoxy) is 1. The summed E-state index contributed by atoms with van der Waals surface area (Å²) < 4.78 is 5.69. The van der Waals surface area contributed by atoms with Crippen molar-refractivity contribution in [3.05, 3.63) is 89.8 Å². The standard InChI is InChI=1S/C28H24ClN3O9/c29-17-13-15(7-9-23(17)41-24-10-8-16(31(37)38)14-20(24)32(39)40)26-27-18(3-1-5-21(27)33)30(12-11-25(35)36)19-4-2-6-22(34)28(19)26/h7-10,13-14,26H,1-6,11-12H2,(H,35,36). The number of hydrogen-bond donors (Lipinski definition) is 1. The van der Waals surface area contributed by atoms with E-state index in [0.29, 0.717) is 55.2 Å². The number of aliphatic carboxylic acids is 1. The zero-order valence-electron chi connectivity index (χ0n) is 21.6. The average molecular weight is 582 g/mol. The molecule has 2 aromatic rings. The molecule has 0 bridgehead atoms. The number of allylic oxidation sites excluding steroid dienone is 4. The second-order valence-electron chi connectivity index (χ2n) is 9.96. The number of nitro groups is 2. The lowest BCUT2D eigenvalue weighted by Gasteiger charge is -2.44. The Hall–Kier alpha value is -4.58. The van der Waals surface area contributed by atoms with Gasteiger partial charge < -0.3 is 14.7 Å². The normalized spacial score (nSPS) is 17.3. The highest BCUT2D eigenvalue weighted by atomic mass is 35.5. The SMILES string of the molecule is O=C(O)CCN1C2=C(C(=O)CCC2)C(c2ccc(Oc3ccc([N+](=O)[O-])cc3[N+](=O)[O-])c(Cl)c2)C2=C1CCCC2=O. The van der Waals surface area contributed by atoms with Gasteiger partial charge in [-0.15, -0.1) is 0 Å². The van der Waals surface area contributed by atoms with Gasteiger partial charge in [-0.3, -0.25) is 34.6 Å². The molecule has 3 aliphatic rings. The number of benzene rings is 2. The van der Waals surface area contributed by atoms with E-state index in [2.05, 4.69) is 0 Å². The zero-order valence-corrected chi connectivity index (χ0v) is 22.4. The van der Waals surface area contributed by atoms with E-state index < -0.39 is 33.1 Å². The Balaban J connectivity index is 1.57. The second-order valence-corrected chi connectivity index (χ2v) is 10.4. The van der Waals surface area contributed by atoms with Crippen molar-refractivity contribution in [3.8, 4) is 11.5 Å². The van der Waals surface area contributed by atoms with Gasteiger partial charge in [-0.1, -0.05) is 17.7 Å². The monoisotopic (exact) mass is 581 g/mol. The van der Waals surface area contributed by atoms with E-state index in [4.69, 9.17) is 16.3 Å². The van der Waals surface area contributed by atoms with Crippen LogP contribution in [0.4, 0.5) is 11.4 Å². The van der Waals surface area contributed by atoms with Gasteiger partial charge in [0.15, 0.2) is 11.6 Å². The van der Waals surface area contributed by atoms with E-state index in [1.54, 1.807) is 12.1 Å². The predicted molar refractivity (Wildman–Crippen MR) is 145 cm³/mol. The van der Waals surface area contributed by atoms with Crippen LogP contribution >= 0.6 is 11.6 Å². The fourth-order valence-corrected chi connectivity index (χ4v) is 6.00. The first-order chi connectivity index (χ1) is 19.6. The maximum Gasteiger partial charge on any atom is 0.318 e. The van der Waals surface area contributed by atoms with Crippen molar-refractivity contribution in [2.75, 3.05) is 6.54 Å². The lowest BCUT2D eigenvalue weighted by molar-refractivity contribution is -0.394. The van der Waals surface area contributed by atoms with Gasteiger partial charge in [0.05, 0.1) is 27.4 Å². The number of hydrogen-bond acceptors (Lipinski definition) is 9. The Morgan fingerprint density at radius 2 is 1.54 bits per heavy atom. The molecule has 0 fully saturated rings. The van der Waals surface area contributed by atoms with E-state index >= 15 is 0 Å². The highest BCUT2D eigenvalue weighted by Gasteiger charge is 2.43. The molecule has 0 saturated heterocycles. The highest BCUT2D eigenvalue weighted by molar-refractivity contribution is 6.32. The van der Waals surface area contributed by atoms with Crippen molar-refractivity contribution >= 4 is 40.5 Å². The number of nitro benzene ring substituents is 2. The summed E-state index contributed by atoms with van der Waals surface area (Å²) in [6.07, 6.45) is 2.84. The molecule has 1 heterocycles. The number of carbonyl (C=O) groups excluding carboxylic acids is 2.